The van der Waals surface area contributed by atoms with E-state index in [-0.39, 0.29) is 11.9 Å². The molecule has 1 aromatic carbocycles. The summed E-state index contributed by atoms with van der Waals surface area (Å²) >= 11 is 0. The molecule has 0 saturated carbocycles. The molecule has 0 aliphatic carbocycles. The largest absolute Gasteiger partial charge is 0.399 e. The Morgan fingerprint density at radius 3 is 2.33 bits per heavy atom. The van der Waals surface area contributed by atoms with Crippen LogP contribution in [-0.4, -0.2) is 29.9 Å². The van der Waals surface area contributed by atoms with E-state index >= 15 is 0 Å². The minimum atomic E-state index is 0.118. The Hall–Kier alpha value is -1.55. The highest BCUT2D eigenvalue weighted by molar-refractivity contribution is 5.78. The molecule has 0 atom stereocenters. The molecule has 3 N–H and O–H groups in total. The number of rotatable bonds is 9. The van der Waals surface area contributed by atoms with E-state index in [2.05, 4.69) is 31.0 Å². The molecule has 0 spiro atoms. The van der Waals surface area contributed by atoms with Gasteiger partial charge in [-0.25, -0.2) is 0 Å². The van der Waals surface area contributed by atoms with Crippen molar-refractivity contribution in [2.75, 3.05) is 18.8 Å². The summed E-state index contributed by atoms with van der Waals surface area (Å²) in [6, 6.07) is 8.15. The lowest BCUT2D eigenvalue weighted by Crippen LogP contribution is -2.41. The Balaban J connectivity index is 2.56. The molecule has 1 amide bonds. The minimum absolute atomic E-state index is 0.118. The summed E-state index contributed by atoms with van der Waals surface area (Å²) in [4.78, 5) is 14.3. The van der Waals surface area contributed by atoms with E-state index < -0.39 is 0 Å². The van der Waals surface area contributed by atoms with Crippen molar-refractivity contribution in [3.63, 3.8) is 0 Å². The summed E-state index contributed by atoms with van der Waals surface area (Å²) in [6.45, 7) is 8.49. The highest BCUT2D eigenvalue weighted by Gasteiger charge is 2.13. The van der Waals surface area contributed by atoms with Gasteiger partial charge in [-0.2, -0.15) is 0 Å². The van der Waals surface area contributed by atoms with Gasteiger partial charge in [0.1, 0.15) is 0 Å². The standard InChI is InChI=1S/C17H29N3O/c1-4-11-20(12-14-7-9-15(18)10-8-14)13-17(21)19-16(5-2)6-3/h7-10,16H,4-6,11-13,18H2,1-3H3,(H,19,21). The van der Waals surface area contributed by atoms with Gasteiger partial charge in [0.2, 0.25) is 5.91 Å². The average molecular weight is 291 g/mol. The Kier molecular flexibility index (Phi) is 7.83. The molecular weight excluding hydrogens is 262 g/mol. The van der Waals surface area contributed by atoms with Gasteiger partial charge in [0, 0.05) is 18.3 Å². The molecule has 0 heterocycles. The van der Waals surface area contributed by atoms with Crippen LogP contribution in [0.2, 0.25) is 0 Å². The monoisotopic (exact) mass is 291 g/mol. The molecule has 4 heteroatoms. The van der Waals surface area contributed by atoms with Crippen LogP contribution in [-0.2, 0) is 11.3 Å². The molecule has 1 aromatic rings. The fourth-order valence-corrected chi connectivity index (χ4v) is 2.38. The summed E-state index contributed by atoms with van der Waals surface area (Å²) in [5.41, 5.74) is 7.66. The lowest BCUT2D eigenvalue weighted by atomic mass is 10.1. The van der Waals surface area contributed by atoms with Crippen LogP contribution < -0.4 is 11.1 Å². The Bertz CT molecular complexity index is 413. The predicted octanol–water partition coefficient (Wildman–Crippen LogP) is 2.79. The molecule has 0 aliphatic heterocycles. The van der Waals surface area contributed by atoms with Gasteiger partial charge in [-0.05, 0) is 43.5 Å². The number of hydrogen-bond donors (Lipinski definition) is 2. The zero-order valence-electron chi connectivity index (χ0n) is 13.6. The van der Waals surface area contributed by atoms with Gasteiger partial charge in [0.25, 0.3) is 0 Å². The zero-order valence-corrected chi connectivity index (χ0v) is 13.6. The van der Waals surface area contributed by atoms with Crippen LogP contribution in [0.25, 0.3) is 0 Å². The first kappa shape index (κ1) is 17.5. The number of nitrogen functional groups attached to an aromatic ring is 1. The third-order valence-corrected chi connectivity index (χ3v) is 3.64. The summed E-state index contributed by atoms with van der Waals surface area (Å²) in [5.74, 6) is 0.118. The third-order valence-electron chi connectivity index (χ3n) is 3.64. The first-order chi connectivity index (χ1) is 10.1. The summed E-state index contributed by atoms with van der Waals surface area (Å²) in [7, 11) is 0. The number of carbonyl (C=O) groups excluding carboxylic acids is 1. The van der Waals surface area contributed by atoms with Crippen molar-refractivity contribution >= 4 is 11.6 Å². The first-order valence-corrected chi connectivity index (χ1v) is 7.95. The normalized spacial score (nSPS) is 11.1. The van der Waals surface area contributed by atoms with Crippen molar-refractivity contribution < 1.29 is 4.79 Å². The molecule has 4 nitrogen and oxygen atoms in total. The van der Waals surface area contributed by atoms with E-state index in [0.29, 0.717) is 6.54 Å². The SMILES string of the molecule is CCCN(CC(=O)NC(CC)CC)Cc1ccc(N)cc1. The highest BCUT2D eigenvalue weighted by Crippen LogP contribution is 2.09. The van der Waals surface area contributed by atoms with Crippen molar-refractivity contribution in [2.45, 2.75) is 52.6 Å². The molecular formula is C17H29N3O. The summed E-state index contributed by atoms with van der Waals surface area (Å²) in [6.07, 6.45) is 3.00. The van der Waals surface area contributed by atoms with Crippen molar-refractivity contribution in [2.24, 2.45) is 0 Å². The van der Waals surface area contributed by atoms with Gasteiger partial charge in [0.15, 0.2) is 0 Å². The number of nitrogens with one attached hydrogen (secondary N) is 1. The van der Waals surface area contributed by atoms with Gasteiger partial charge >= 0.3 is 0 Å². The zero-order chi connectivity index (χ0) is 15.7. The van der Waals surface area contributed by atoms with E-state index in [4.69, 9.17) is 5.73 Å². The van der Waals surface area contributed by atoms with E-state index in [1.165, 1.54) is 5.56 Å². The summed E-state index contributed by atoms with van der Waals surface area (Å²) < 4.78 is 0. The number of nitrogens with zero attached hydrogens (tertiary/aromatic N) is 1. The number of hydrogen-bond acceptors (Lipinski definition) is 3. The van der Waals surface area contributed by atoms with Gasteiger partial charge in [0.05, 0.1) is 6.54 Å². The van der Waals surface area contributed by atoms with Crippen LogP contribution in [0, 0.1) is 0 Å². The molecule has 0 aliphatic rings. The maximum Gasteiger partial charge on any atom is 0.234 e. The van der Waals surface area contributed by atoms with E-state index in [9.17, 15) is 4.79 Å². The highest BCUT2D eigenvalue weighted by atomic mass is 16.2. The minimum Gasteiger partial charge on any atom is -0.399 e. The second-order valence-corrected chi connectivity index (χ2v) is 5.53. The fourth-order valence-electron chi connectivity index (χ4n) is 2.38. The van der Waals surface area contributed by atoms with Crippen LogP contribution in [0.3, 0.4) is 0 Å². The lowest BCUT2D eigenvalue weighted by Gasteiger charge is -2.23. The molecule has 0 radical (unpaired) electrons. The van der Waals surface area contributed by atoms with Crippen LogP contribution in [0.1, 0.15) is 45.6 Å². The van der Waals surface area contributed by atoms with Gasteiger partial charge in [-0.15, -0.1) is 0 Å². The second-order valence-electron chi connectivity index (χ2n) is 5.53. The molecule has 1 rings (SSSR count). The van der Waals surface area contributed by atoms with E-state index in [1.807, 2.05) is 24.3 Å². The molecule has 0 aromatic heterocycles. The third kappa shape index (κ3) is 6.63. The van der Waals surface area contributed by atoms with Crippen LogP contribution >= 0.6 is 0 Å². The maximum absolute atomic E-state index is 12.1. The number of amides is 1. The topological polar surface area (TPSA) is 58.4 Å². The molecule has 0 fully saturated rings. The first-order valence-electron chi connectivity index (χ1n) is 7.95. The summed E-state index contributed by atoms with van der Waals surface area (Å²) in [5, 5.41) is 3.10. The van der Waals surface area contributed by atoms with Crippen molar-refractivity contribution in [3.05, 3.63) is 29.8 Å². The average Bonchev–Trinajstić information content (AvgIpc) is 2.47. The van der Waals surface area contributed by atoms with Crippen LogP contribution in [0.4, 0.5) is 5.69 Å². The van der Waals surface area contributed by atoms with E-state index in [1.54, 1.807) is 0 Å². The predicted molar refractivity (Wildman–Crippen MR) is 88.9 cm³/mol. The smallest absolute Gasteiger partial charge is 0.234 e. The molecule has 118 valence electrons. The Labute approximate surface area is 128 Å². The van der Waals surface area contributed by atoms with Crippen molar-refractivity contribution in [3.8, 4) is 0 Å². The van der Waals surface area contributed by atoms with E-state index in [0.717, 1.165) is 38.0 Å². The Morgan fingerprint density at radius 1 is 1.19 bits per heavy atom. The number of benzene rings is 1. The quantitative estimate of drug-likeness (QED) is 0.688. The van der Waals surface area contributed by atoms with Crippen molar-refractivity contribution in [1.82, 2.24) is 10.2 Å². The number of carbonyl (C=O) groups is 1. The van der Waals surface area contributed by atoms with Gasteiger partial charge in [-0.3, -0.25) is 9.69 Å². The lowest BCUT2D eigenvalue weighted by molar-refractivity contribution is -0.123. The fraction of sp³-hybridized carbons (Fsp3) is 0.588. The maximum atomic E-state index is 12.1. The van der Waals surface area contributed by atoms with Crippen LogP contribution in [0.5, 0.6) is 0 Å². The van der Waals surface area contributed by atoms with Crippen LogP contribution in [0.15, 0.2) is 24.3 Å². The van der Waals surface area contributed by atoms with Gasteiger partial charge < -0.3 is 11.1 Å². The van der Waals surface area contributed by atoms with Gasteiger partial charge in [-0.1, -0.05) is 32.9 Å². The molecule has 0 bridgehead atoms. The Morgan fingerprint density at radius 2 is 1.81 bits per heavy atom. The number of nitrogens with two attached hydrogens (primary N) is 1. The second kappa shape index (κ2) is 9.40. The van der Waals surface area contributed by atoms with Crippen molar-refractivity contribution in [1.29, 1.82) is 0 Å². The molecule has 21 heavy (non-hydrogen) atoms. The molecule has 0 saturated heterocycles. The molecule has 0 unspecified atom stereocenters. The number of anilines is 1.